The van der Waals surface area contributed by atoms with E-state index >= 15 is 0 Å². The molecule has 0 saturated heterocycles. The van der Waals surface area contributed by atoms with Crippen molar-refractivity contribution in [1.82, 2.24) is 9.97 Å². The first-order valence-corrected chi connectivity index (χ1v) is 4.39. The van der Waals surface area contributed by atoms with Crippen LogP contribution in [0.15, 0.2) is 12.3 Å². The van der Waals surface area contributed by atoms with Crippen molar-refractivity contribution in [2.75, 3.05) is 6.61 Å². The van der Waals surface area contributed by atoms with Crippen LogP contribution in [0.5, 0.6) is 5.88 Å². The summed E-state index contributed by atoms with van der Waals surface area (Å²) in [5.74, 6) is -0.248. The van der Waals surface area contributed by atoms with Crippen LogP contribution in [0.3, 0.4) is 0 Å². The van der Waals surface area contributed by atoms with Crippen LogP contribution in [-0.4, -0.2) is 27.7 Å². The molecule has 0 aliphatic heterocycles. The summed E-state index contributed by atoms with van der Waals surface area (Å²) in [6.45, 7) is 2.56. The van der Waals surface area contributed by atoms with E-state index < -0.39 is 5.97 Å². The van der Waals surface area contributed by atoms with Crippen molar-refractivity contribution < 1.29 is 14.6 Å². The summed E-state index contributed by atoms with van der Waals surface area (Å²) >= 11 is 0. The van der Waals surface area contributed by atoms with Gasteiger partial charge in [-0.15, -0.1) is 0 Å². The van der Waals surface area contributed by atoms with E-state index in [0.717, 1.165) is 6.42 Å². The fourth-order valence-corrected chi connectivity index (χ4v) is 0.888. The highest BCUT2D eigenvalue weighted by Gasteiger charge is 2.04. The number of carbonyl (C=O) groups is 1. The number of ether oxygens (including phenoxy) is 1. The van der Waals surface area contributed by atoms with Gasteiger partial charge in [0.2, 0.25) is 5.88 Å². The van der Waals surface area contributed by atoms with Gasteiger partial charge < -0.3 is 9.84 Å². The van der Waals surface area contributed by atoms with Crippen LogP contribution in [-0.2, 0) is 11.2 Å². The Kier molecular flexibility index (Phi) is 3.84. The molecule has 0 aliphatic rings. The summed E-state index contributed by atoms with van der Waals surface area (Å²) in [5.41, 5.74) is 0. The number of carboxylic acids is 1. The molecule has 0 bridgehead atoms. The standard InChI is InChI=1S/C9H12N2O3/c1-2-5-14-8-3-4-10-7(11-8)6-9(12)13/h3-4H,2,5-6H2,1H3,(H,12,13). The minimum Gasteiger partial charge on any atom is -0.481 e. The summed E-state index contributed by atoms with van der Waals surface area (Å²) in [6, 6.07) is 1.61. The largest absolute Gasteiger partial charge is 0.481 e. The van der Waals surface area contributed by atoms with Crippen LogP contribution in [0.2, 0.25) is 0 Å². The Hall–Kier alpha value is -1.65. The van der Waals surface area contributed by atoms with E-state index in [4.69, 9.17) is 9.84 Å². The maximum absolute atomic E-state index is 10.4. The van der Waals surface area contributed by atoms with Gasteiger partial charge in [-0.25, -0.2) is 4.98 Å². The number of nitrogens with zero attached hydrogens (tertiary/aromatic N) is 2. The molecule has 0 saturated carbocycles. The van der Waals surface area contributed by atoms with Crippen LogP contribution >= 0.6 is 0 Å². The molecule has 0 atom stereocenters. The molecule has 0 unspecified atom stereocenters. The van der Waals surface area contributed by atoms with Crippen LogP contribution in [0, 0.1) is 0 Å². The SMILES string of the molecule is CCCOc1ccnc(CC(=O)O)n1. The fraction of sp³-hybridized carbons (Fsp3) is 0.444. The highest BCUT2D eigenvalue weighted by Crippen LogP contribution is 2.05. The second kappa shape index (κ2) is 5.16. The van der Waals surface area contributed by atoms with E-state index in [1.165, 1.54) is 6.20 Å². The lowest BCUT2D eigenvalue weighted by Gasteiger charge is -2.03. The van der Waals surface area contributed by atoms with Gasteiger partial charge in [0.1, 0.15) is 12.2 Å². The molecule has 0 aliphatic carbocycles. The topological polar surface area (TPSA) is 72.3 Å². The Bertz CT molecular complexity index is 315. The Morgan fingerprint density at radius 2 is 2.43 bits per heavy atom. The van der Waals surface area contributed by atoms with Crippen molar-refractivity contribution >= 4 is 5.97 Å². The summed E-state index contributed by atoms with van der Waals surface area (Å²) in [6.07, 6.45) is 2.21. The molecule has 0 spiro atoms. The molecule has 1 heterocycles. The van der Waals surface area contributed by atoms with Crippen LogP contribution in [0.4, 0.5) is 0 Å². The van der Waals surface area contributed by atoms with Crippen molar-refractivity contribution in [1.29, 1.82) is 0 Å². The Morgan fingerprint density at radius 1 is 1.64 bits per heavy atom. The lowest BCUT2D eigenvalue weighted by molar-refractivity contribution is -0.136. The third-order valence-corrected chi connectivity index (χ3v) is 1.44. The molecule has 1 rings (SSSR count). The highest BCUT2D eigenvalue weighted by molar-refractivity contribution is 5.68. The van der Waals surface area contributed by atoms with Crippen molar-refractivity contribution in [3.05, 3.63) is 18.1 Å². The summed E-state index contributed by atoms with van der Waals surface area (Å²) < 4.78 is 5.23. The van der Waals surface area contributed by atoms with E-state index in [1.807, 2.05) is 6.92 Å². The zero-order valence-corrected chi connectivity index (χ0v) is 7.93. The molecule has 0 amide bonds. The number of carboxylic acid groups (broad SMARTS) is 1. The van der Waals surface area contributed by atoms with Crippen LogP contribution < -0.4 is 4.74 Å². The van der Waals surface area contributed by atoms with Gasteiger partial charge in [0.05, 0.1) is 6.61 Å². The van der Waals surface area contributed by atoms with Gasteiger partial charge in [0.25, 0.3) is 0 Å². The van der Waals surface area contributed by atoms with Crippen molar-refractivity contribution in [3.63, 3.8) is 0 Å². The summed E-state index contributed by atoms with van der Waals surface area (Å²) in [7, 11) is 0. The highest BCUT2D eigenvalue weighted by atomic mass is 16.5. The zero-order chi connectivity index (χ0) is 10.4. The van der Waals surface area contributed by atoms with Gasteiger partial charge in [0, 0.05) is 12.3 Å². The minimum absolute atomic E-state index is 0.177. The maximum atomic E-state index is 10.4. The molecule has 5 heteroatoms. The Balaban J connectivity index is 2.63. The monoisotopic (exact) mass is 196 g/mol. The molecule has 1 aromatic rings. The first kappa shape index (κ1) is 10.4. The molecule has 0 radical (unpaired) electrons. The fourth-order valence-electron chi connectivity index (χ4n) is 0.888. The van der Waals surface area contributed by atoms with E-state index in [0.29, 0.717) is 12.5 Å². The number of aliphatic carboxylic acids is 1. The number of aromatic nitrogens is 2. The molecule has 14 heavy (non-hydrogen) atoms. The molecular formula is C9H12N2O3. The molecular weight excluding hydrogens is 184 g/mol. The van der Waals surface area contributed by atoms with Gasteiger partial charge in [-0.05, 0) is 6.42 Å². The van der Waals surface area contributed by atoms with Gasteiger partial charge in [-0.1, -0.05) is 6.92 Å². The summed E-state index contributed by atoms with van der Waals surface area (Å²) in [4.78, 5) is 18.1. The second-order valence-electron chi connectivity index (χ2n) is 2.73. The predicted octanol–water partition coefficient (Wildman–Crippen LogP) is 0.893. The molecule has 76 valence electrons. The lowest BCUT2D eigenvalue weighted by Crippen LogP contribution is -2.06. The Morgan fingerprint density at radius 3 is 3.07 bits per heavy atom. The van der Waals surface area contributed by atoms with E-state index in [9.17, 15) is 4.79 Å². The molecule has 1 N–H and O–H groups in total. The molecule has 1 aromatic heterocycles. The maximum Gasteiger partial charge on any atom is 0.311 e. The van der Waals surface area contributed by atoms with Crippen molar-refractivity contribution in [2.45, 2.75) is 19.8 Å². The van der Waals surface area contributed by atoms with E-state index in [2.05, 4.69) is 9.97 Å². The molecule has 5 nitrogen and oxygen atoms in total. The van der Waals surface area contributed by atoms with Crippen molar-refractivity contribution in [3.8, 4) is 5.88 Å². The quantitative estimate of drug-likeness (QED) is 0.757. The molecule has 0 aromatic carbocycles. The van der Waals surface area contributed by atoms with Crippen LogP contribution in [0.1, 0.15) is 19.2 Å². The Labute approximate surface area is 81.8 Å². The van der Waals surface area contributed by atoms with E-state index in [-0.39, 0.29) is 12.2 Å². The smallest absolute Gasteiger partial charge is 0.311 e. The summed E-state index contributed by atoms with van der Waals surface area (Å²) in [5, 5.41) is 8.51. The van der Waals surface area contributed by atoms with Gasteiger partial charge in [0.15, 0.2) is 0 Å². The normalized spacial score (nSPS) is 9.79. The zero-order valence-electron chi connectivity index (χ0n) is 7.93. The molecule has 0 fully saturated rings. The first-order valence-electron chi connectivity index (χ1n) is 4.39. The number of hydrogen-bond acceptors (Lipinski definition) is 4. The number of rotatable bonds is 5. The third kappa shape index (κ3) is 3.38. The predicted molar refractivity (Wildman–Crippen MR) is 49.2 cm³/mol. The van der Waals surface area contributed by atoms with Crippen molar-refractivity contribution in [2.24, 2.45) is 0 Å². The van der Waals surface area contributed by atoms with Gasteiger partial charge in [-0.3, -0.25) is 4.79 Å². The lowest BCUT2D eigenvalue weighted by atomic mass is 10.4. The van der Waals surface area contributed by atoms with Gasteiger partial charge in [-0.2, -0.15) is 4.98 Å². The average Bonchev–Trinajstić information content (AvgIpc) is 2.14. The first-order chi connectivity index (χ1) is 6.72. The average molecular weight is 196 g/mol. The van der Waals surface area contributed by atoms with E-state index in [1.54, 1.807) is 6.07 Å². The minimum atomic E-state index is -0.947. The second-order valence-corrected chi connectivity index (χ2v) is 2.73. The third-order valence-electron chi connectivity index (χ3n) is 1.44. The van der Waals surface area contributed by atoms with Gasteiger partial charge >= 0.3 is 5.97 Å². The number of hydrogen-bond donors (Lipinski definition) is 1. The van der Waals surface area contributed by atoms with Crippen LogP contribution in [0.25, 0.3) is 0 Å².